The molecule has 0 spiro atoms. The molecule has 1 aromatic carbocycles. The van der Waals surface area contributed by atoms with E-state index in [9.17, 15) is 5.26 Å². The van der Waals surface area contributed by atoms with Crippen molar-refractivity contribution in [2.24, 2.45) is 22.1 Å². The summed E-state index contributed by atoms with van der Waals surface area (Å²) in [6, 6.07) is 8.82. The lowest BCUT2D eigenvalue weighted by Crippen LogP contribution is -2.34. The highest BCUT2D eigenvalue weighted by Crippen LogP contribution is 2.34. The van der Waals surface area contributed by atoms with Crippen LogP contribution < -0.4 is 4.90 Å². The number of rotatable bonds is 16. The molecule has 0 saturated heterocycles. The monoisotopic (exact) mass is 509 g/mol. The quantitative estimate of drug-likeness (QED) is 0.211. The first kappa shape index (κ1) is 30.0. The van der Waals surface area contributed by atoms with E-state index in [4.69, 9.17) is 0 Å². The van der Waals surface area contributed by atoms with Crippen LogP contribution in [0.3, 0.4) is 0 Å². The number of anilines is 1. The van der Waals surface area contributed by atoms with E-state index in [0.29, 0.717) is 10.6 Å². The maximum Gasteiger partial charge on any atom is 0.176 e. The van der Waals surface area contributed by atoms with Crippen molar-refractivity contribution in [3.05, 3.63) is 35.0 Å². The lowest BCUT2D eigenvalue weighted by molar-refractivity contribution is 0.403. The third-order valence-corrected chi connectivity index (χ3v) is 7.94. The Hall–Kier alpha value is -2.26. The van der Waals surface area contributed by atoms with Gasteiger partial charge in [-0.3, -0.25) is 0 Å². The number of azo groups is 1. The van der Waals surface area contributed by atoms with Gasteiger partial charge in [-0.2, -0.15) is 9.64 Å². The van der Waals surface area contributed by atoms with Gasteiger partial charge in [-0.15, -0.1) is 10.2 Å². The summed E-state index contributed by atoms with van der Waals surface area (Å²) in [5.41, 5.74) is 4.60. The molecule has 2 rings (SSSR count). The Kier molecular flexibility index (Phi) is 13.1. The second-order valence-electron chi connectivity index (χ2n) is 10.4. The molecule has 0 saturated carbocycles. The first-order chi connectivity index (χ1) is 17.4. The Balaban J connectivity index is 2.29. The van der Waals surface area contributed by atoms with Gasteiger partial charge in [-0.1, -0.05) is 80.1 Å². The Bertz CT molecular complexity index is 970. The molecular formula is C30H47N5S. The zero-order valence-electron chi connectivity index (χ0n) is 23.7. The van der Waals surface area contributed by atoms with Gasteiger partial charge < -0.3 is 4.90 Å². The zero-order valence-corrected chi connectivity index (χ0v) is 24.5. The maximum atomic E-state index is 9.59. The summed E-state index contributed by atoms with van der Waals surface area (Å²) in [4.78, 5) is 2.63. The molecular weight excluding hydrogens is 462 g/mol. The van der Waals surface area contributed by atoms with Crippen molar-refractivity contribution in [3.8, 4) is 6.07 Å². The van der Waals surface area contributed by atoms with Crippen molar-refractivity contribution in [2.75, 3.05) is 18.0 Å². The molecule has 0 radical (unpaired) electrons. The third-order valence-electron chi connectivity index (χ3n) is 7.20. The molecule has 2 atom stereocenters. The number of aromatic nitrogens is 1. The van der Waals surface area contributed by atoms with Gasteiger partial charge in [0.25, 0.3) is 0 Å². The molecule has 2 aromatic rings. The summed E-state index contributed by atoms with van der Waals surface area (Å²) in [5.74, 6) is 1.64. The number of benzene rings is 1. The van der Waals surface area contributed by atoms with Crippen molar-refractivity contribution >= 4 is 27.9 Å². The SMILES string of the molecule is CCCCC(CC)CN(CC(CC)CCCC)c1ccc(/N=N/c2snc(C(C)C)c2C#N)c(C)c1. The molecule has 5 nitrogen and oxygen atoms in total. The molecule has 0 bridgehead atoms. The van der Waals surface area contributed by atoms with Crippen molar-refractivity contribution < 1.29 is 0 Å². The molecule has 1 heterocycles. The van der Waals surface area contributed by atoms with Crippen LogP contribution in [0, 0.1) is 30.1 Å². The number of nitriles is 1. The van der Waals surface area contributed by atoms with Crippen LogP contribution in [-0.4, -0.2) is 17.5 Å². The predicted octanol–water partition coefficient (Wildman–Crippen LogP) is 10.1. The average Bonchev–Trinajstić information content (AvgIpc) is 3.30. The molecule has 1 aromatic heterocycles. The normalized spacial score (nSPS) is 13.3. The highest BCUT2D eigenvalue weighted by molar-refractivity contribution is 7.10. The fraction of sp³-hybridized carbons (Fsp3) is 0.667. The van der Waals surface area contributed by atoms with Crippen LogP contribution in [0.1, 0.15) is 116 Å². The van der Waals surface area contributed by atoms with E-state index < -0.39 is 0 Å². The van der Waals surface area contributed by atoms with E-state index in [-0.39, 0.29) is 5.92 Å². The van der Waals surface area contributed by atoms with Crippen LogP contribution in [-0.2, 0) is 0 Å². The van der Waals surface area contributed by atoms with Gasteiger partial charge in [0.15, 0.2) is 5.00 Å². The topological polar surface area (TPSA) is 64.6 Å². The molecule has 0 N–H and O–H groups in total. The lowest BCUT2D eigenvalue weighted by atomic mass is 9.95. The Morgan fingerprint density at radius 2 is 1.58 bits per heavy atom. The molecule has 198 valence electrons. The van der Waals surface area contributed by atoms with Crippen LogP contribution in [0.5, 0.6) is 0 Å². The molecule has 0 aliphatic heterocycles. The Labute approximate surface area is 224 Å². The summed E-state index contributed by atoms with van der Waals surface area (Å²) in [5, 5.41) is 19.1. The first-order valence-corrected chi connectivity index (χ1v) is 14.8. The minimum Gasteiger partial charge on any atom is -0.371 e. The predicted molar refractivity (Wildman–Crippen MR) is 155 cm³/mol. The third kappa shape index (κ3) is 8.69. The summed E-state index contributed by atoms with van der Waals surface area (Å²) in [7, 11) is 0. The van der Waals surface area contributed by atoms with E-state index in [1.54, 1.807) is 0 Å². The van der Waals surface area contributed by atoms with Gasteiger partial charge >= 0.3 is 0 Å². The maximum absolute atomic E-state index is 9.59. The fourth-order valence-corrected chi connectivity index (χ4v) is 5.46. The van der Waals surface area contributed by atoms with Gasteiger partial charge in [0.1, 0.15) is 11.6 Å². The molecule has 0 fully saturated rings. The number of nitrogens with zero attached hydrogens (tertiary/aromatic N) is 5. The number of unbranched alkanes of at least 4 members (excludes halogenated alkanes) is 2. The molecule has 0 amide bonds. The van der Waals surface area contributed by atoms with Gasteiger partial charge in [0, 0.05) is 18.8 Å². The first-order valence-electron chi connectivity index (χ1n) is 14.0. The van der Waals surface area contributed by atoms with Crippen LogP contribution in [0.15, 0.2) is 28.4 Å². The van der Waals surface area contributed by atoms with E-state index >= 15 is 0 Å². The van der Waals surface area contributed by atoms with E-state index in [0.717, 1.165) is 41.9 Å². The van der Waals surface area contributed by atoms with Crippen LogP contribution >= 0.6 is 11.5 Å². The molecule has 6 heteroatoms. The van der Waals surface area contributed by atoms with Crippen LogP contribution in [0.4, 0.5) is 16.4 Å². The van der Waals surface area contributed by atoms with Crippen LogP contribution in [0.25, 0.3) is 0 Å². The van der Waals surface area contributed by atoms with Crippen molar-refractivity contribution in [1.82, 2.24) is 4.37 Å². The van der Waals surface area contributed by atoms with E-state index in [2.05, 4.69) is 78.4 Å². The van der Waals surface area contributed by atoms with Crippen molar-refractivity contribution in [2.45, 2.75) is 106 Å². The van der Waals surface area contributed by atoms with Crippen molar-refractivity contribution in [1.29, 1.82) is 5.26 Å². The molecule has 0 aliphatic carbocycles. The summed E-state index contributed by atoms with van der Waals surface area (Å²) in [6.45, 7) is 17.7. The van der Waals surface area contributed by atoms with Gasteiger partial charge in [-0.25, -0.2) is 0 Å². The standard InChI is InChI=1S/C30H47N5S/c1-8-12-14-24(10-3)20-35(21-25(11-4)15-13-9-2)26-16-17-28(23(7)18-26)32-33-30-27(19-31)29(22(5)6)34-36-30/h16-18,22,24-25H,8-15,20-21H2,1-7H3/b33-32+. The lowest BCUT2D eigenvalue weighted by Gasteiger charge is -2.33. The molecule has 0 aliphatic rings. The highest BCUT2D eigenvalue weighted by Gasteiger charge is 2.19. The largest absolute Gasteiger partial charge is 0.371 e. The zero-order chi connectivity index (χ0) is 26.5. The summed E-state index contributed by atoms with van der Waals surface area (Å²) < 4.78 is 4.43. The number of hydrogen-bond acceptors (Lipinski definition) is 6. The fourth-order valence-electron chi connectivity index (χ4n) is 4.65. The van der Waals surface area contributed by atoms with Gasteiger partial charge in [0.05, 0.1) is 11.4 Å². The second kappa shape index (κ2) is 15.8. The highest BCUT2D eigenvalue weighted by atomic mass is 32.1. The van der Waals surface area contributed by atoms with E-state index in [1.807, 2.05) is 13.8 Å². The average molecular weight is 510 g/mol. The Morgan fingerprint density at radius 3 is 2.06 bits per heavy atom. The summed E-state index contributed by atoms with van der Waals surface area (Å²) >= 11 is 1.25. The molecule has 2 unspecified atom stereocenters. The minimum atomic E-state index is 0.195. The minimum absolute atomic E-state index is 0.195. The second-order valence-corrected chi connectivity index (χ2v) is 11.2. The van der Waals surface area contributed by atoms with Gasteiger partial charge in [-0.05, 0) is 72.8 Å². The van der Waals surface area contributed by atoms with Gasteiger partial charge in [0.2, 0.25) is 0 Å². The molecule has 36 heavy (non-hydrogen) atoms. The summed E-state index contributed by atoms with van der Waals surface area (Å²) in [6.07, 6.45) is 10.2. The van der Waals surface area contributed by atoms with Crippen molar-refractivity contribution in [3.63, 3.8) is 0 Å². The number of hydrogen-bond donors (Lipinski definition) is 0. The van der Waals surface area contributed by atoms with Crippen LogP contribution in [0.2, 0.25) is 0 Å². The smallest absolute Gasteiger partial charge is 0.176 e. The van der Waals surface area contributed by atoms with E-state index in [1.165, 1.54) is 68.6 Å². The Morgan fingerprint density at radius 1 is 0.972 bits per heavy atom. The number of aryl methyl sites for hydroxylation is 1.